The van der Waals surface area contributed by atoms with Gasteiger partial charge in [-0.15, -0.1) is 0 Å². The Balaban J connectivity index is 3.64. The number of hydrogen-bond donors (Lipinski definition) is 0. The first-order chi connectivity index (χ1) is 3.55. The third-order valence-corrected chi connectivity index (χ3v) is 3.38. The third-order valence-electron chi connectivity index (χ3n) is 0.802. The Morgan fingerprint density at radius 2 is 1.88 bits per heavy atom. The van der Waals surface area contributed by atoms with E-state index in [0.717, 1.165) is 0 Å². The summed E-state index contributed by atoms with van der Waals surface area (Å²) in [4.78, 5) is 10.4. The molecule has 0 unspecified atom stereocenters. The Hall–Kier alpha value is 0.630. The number of halogens is 2. The van der Waals surface area contributed by atoms with Crippen LogP contribution in [0.3, 0.4) is 0 Å². The largest absolute Gasteiger partial charge is 0.285 e. The van der Waals surface area contributed by atoms with E-state index in [1.807, 2.05) is 13.8 Å². The van der Waals surface area contributed by atoms with E-state index >= 15 is 0 Å². The lowest BCUT2D eigenvalue weighted by molar-refractivity contribution is -0.110. The van der Waals surface area contributed by atoms with E-state index in [0.29, 0.717) is 5.92 Å². The lowest BCUT2D eigenvalue weighted by Crippen LogP contribution is -2.13. The number of rotatable bonds is 2. The quantitative estimate of drug-likeness (QED) is 0.538. The fourth-order valence-electron chi connectivity index (χ4n) is 0.262. The molecule has 1 atom stereocenters. The maximum Gasteiger partial charge on any atom is 0.211 e. The van der Waals surface area contributed by atoms with Crippen LogP contribution in [0.2, 0.25) is 0 Å². The van der Waals surface area contributed by atoms with Gasteiger partial charge in [-0.3, -0.25) is 4.79 Å². The summed E-state index contributed by atoms with van der Waals surface area (Å²) < 4.78 is 0.0208. The molecule has 0 aromatic rings. The monoisotopic (exact) mass is 242 g/mol. The molecule has 0 bridgehead atoms. The van der Waals surface area contributed by atoms with Gasteiger partial charge in [-0.05, 0) is 21.8 Å². The fourth-order valence-corrected chi connectivity index (χ4v) is 0.791. The smallest absolute Gasteiger partial charge is 0.211 e. The zero-order chi connectivity index (χ0) is 6.73. The van der Waals surface area contributed by atoms with E-state index in [4.69, 9.17) is 0 Å². The highest BCUT2D eigenvalue weighted by Gasteiger charge is 2.14. The van der Waals surface area contributed by atoms with Crippen LogP contribution in [0.4, 0.5) is 0 Å². The molecule has 0 saturated heterocycles. The average Bonchev–Trinajstić information content (AvgIpc) is 1.64. The van der Waals surface area contributed by atoms with Crippen molar-refractivity contribution in [2.75, 3.05) is 0 Å². The van der Waals surface area contributed by atoms with E-state index in [1.165, 1.54) is 0 Å². The highest BCUT2D eigenvalue weighted by molar-refractivity contribution is 9.20. The van der Waals surface area contributed by atoms with Gasteiger partial charge in [-0.1, -0.05) is 29.8 Å². The second-order valence-corrected chi connectivity index (χ2v) is 3.72. The van der Waals surface area contributed by atoms with Gasteiger partial charge in [0.1, 0.15) is 0 Å². The minimum atomic E-state index is -0.0394. The van der Waals surface area contributed by atoms with Crippen molar-refractivity contribution in [1.29, 1.82) is 0 Å². The zero-order valence-corrected chi connectivity index (χ0v) is 7.99. The van der Waals surface area contributed by atoms with Crippen LogP contribution in [0.25, 0.3) is 0 Å². The molecular formula is C5H8Br2O. The van der Waals surface area contributed by atoms with Gasteiger partial charge in [0.2, 0.25) is 4.69 Å². The van der Waals surface area contributed by atoms with Gasteiger partial charge in [0.05, 0.1) is 4.83 Å². The van der Waals surface area contributed by atoms with Crippen molar-refractivity contribution in [1.82, 2.24) is 0 Å². The van der Waals surface area contributed by atoms with Crippen LogP contribution in [-0.2, 0) is 4.79 Å². The number of alkyl halides is 1. The molecule has 0 heterocycles. The molecule has 0 aromatic heterocycles. The van der Waals surface area contributed by atoms with Crippen LogP contribution in [0, 0.1) is 5.92 Å². The summed E-state index contributed by atoms with van der Waals surface area (Å²) in [5.41, 5.74) is 0. The average molecular weight is 244 g/mol. The molecule has 0 saturated carbocycles. The molecule has 48 valence electrons. The van der Waals surface area contributed by atoms with Crippen LogP contribution in [-0.4, -0.2) is 9.52 Å². The number of hydrogen-bond acceptors (Lipinski definition) is 1. The molecule has 0 aliphatic rings. The highest BCUT2D eigenvalue weighted by Crippen LogP contribution is 2.15. The van der Waals surface area contributed by atoms with Gasteiger partial charge >= 0.3 is 0 Å². The van der Waals surface area contributed by atoms with Crippen LogP contribution in [0.1, 0.15) is 13.8 Å². The number of carbonyl (C=O) groups excluding carboxylic acids is 1. The second-order valence-electron chi connectivity index (χ2n) is 1.95. The molecule has 3 heteroatoms. The Morgan fingerprint density at radius 1 is 1.50 bits per heavy atom. The summed E-state index contributed by atoms with van der Waals surface area (Å²) in [6, 6.07) is 0. The molecule has 1 nitrogen and oxygen atoms in total. The van der Waals surface area contributed by atoms with Gasteiger partial charge in [0, 0.05) is 0 Å². The summed E-state index contributed by atoms with van der Waals surface area (Å²) in [5, 5.41) is 0. The lowest BCUT2D eigenvalue weighted by Gasteiger charge is -2.06. The Labute approximate surface area is 66.1 Å². The fraction of sp³-hybridized carbons (Fsp3) is 0.800. The predicted molar refractivity (Wildman–Crippen MR) is 41.5 cm³/mol. The van der Waals surface area contributed by atoms with Crippen molar-refractivity contribution >= 4 is 36.6 Å². The molecule has 0 aliphatic carbocycles. The van der Waals surface area contributed by atoms with E-state index in [9.17, 15) is 4.79 Å². The standard InChI is InChI=1S/C5H8Br2O/c1-3(2)4(6)5(7)8/h3-4H,1-2H3/t4-/m0/s1. The van der Waals surface area contributed by atoms with Crippen LogP contribution >= 0.6 is 31.9 Å². The topological polar surface area (TPSA) is 17.1 Å². The zero-order valence-electron chi connectivity index (χ0n) is 4.82. The van der Waals surface area contributed by atoms with Gasteiger partial charge in [0.15, 0.2) is 0 Å². The highest BCUT2D eigenvalue weighted by atomic mass is 79.9. The summed E-state index contributed by atoms with van der Waals surface area (Å²) in [7, 11) is 0. The molecule has 8 heavy (non-hydrogen) atoms. The van der Waals surface area contributed by atoms with Crippen LogP contribution in [0.15, 0.2) is 0 Å². The third kappa shape index (κ3) is 2.82. The summed E-state index contributed by atoms with van der Waals surface area (Å²) in [5.74, 6) is 0.363. The molecule has 0 spiro atoms. The van der Waals surface area contributed by atoms with Gasteiger partial charge in [0.25, 0.3) is 0 Å². The Morgan fingerprint density at radius 3 is 1.88 bits per heavy atom. The maximum atomic E-state index is 10.5. The van der Waals surface area contributed by atoms with Crippen LogP contribution < -0.4 is 0 Å². The summed E-state index contributed by atoms with van der Waals surface area (Å²) >= 11 is 6.06. The molecular weight excluding hydrogens is 236 g/mol. The Kier molecular flexibility index (Phi) is 3.90. The van der Waals surface area contributed by atoms with Crippen molar-refractivity contribution in [3.8, 4) is 0 Å². The SMILES string of the molecule is CC(C)[C@H](Br)C(=O)Br. The first-order valence-electron chi connectivity index (χ1n) is 2.39. The number of carbonyl (C=O) groups is 1. The normalized spacial score (nSPS) is 14.1. The van der Waals surface area contributed by atoms with Gasteiger partial charge in [-0.2, -0.15) is 0 Å². The minimum absolute atomic E-state index is 0.0208. The first-order valence-corrected chi connectivity index (χ1v) is 4.10. The van der Waals surface area contributed by atoms with Crippen LogP contribution in [0.5, 0.6) is 0 Å². The van der Waals surface area contributed by atoms with E-state index in [1.54, 1.807) is 0 Å². The van der Waals surface area contributed by atoms with Gasteiger partial charge < -0.3 is 0 Å². The maximum absolute atomic E-state index is 10.5. The van der Waals surface area contributed by atoms with E-state index < -0.39 is 0 Å². The predicted octanol–water partition coefficient (Wildman–Crippen LogP) is 2.33. The molecule has 0 N–H and O–H groups in total. The van der Waals surface area contributed by atoms with Crippen molar-refractivity contribution in [2.45, 2.75) is 18.7 Å². The molecule has 0 fully saturated rings. The molecule has 0 aromatic carbocycles. The van der Waals surface area contributed by atoms with Gasteiger partial charge in [-0.25, -0.2) is 0 Å². The summed E-state index contributed by atoms with van der Waals surface area (Å²) in [6.45, 7) is 3.97. The van der Waals surface area contributed by atoms with E-state index in [-0.39, 0.29) is 9.52 Å². The molecule has 0 radical (unpaired) electrons. The van der Waals surface area contributed by atoms with Crippen molar-refractivity contribution < 1.29 is 4.79 Å². The van der Waals surface area contributed by atoms with Crippen molar-refractivity contribution in [3.05, 3.63) is 0 Å². The lowest BCUT2D eigenvalue weighted by atomic mass is 10.2. The Bertz CT molecular complexity index is 90.4. The molecule has 0 aliphatic heterocycles. The van der Waals surface area contributed by atoms with Crippen molar-refractivity contribution in [2.24, 2.45) is 5.92 Å². The molecule has 0 rings (SSSR count). The van der Waals surface area contributed by atoms with Crippen molar-refractivity contribution in [3.63, 3.8) is 0 Å². The first kappa shape index (κ1) is 8.63. The minimum Gasteiger partial charge on any atom is -0.285 e. The molecule has 0 amide bonds. The van der Waals surface area contributed by atoms with E-state index in [2.05, 4.69) is 31.9 Å². The summed E-state index contributed by atoms with van der Waals surface area (Å²) in [6.07, 6.45) is 0. The second kappa shape index (κ2) is 3.62.